The summed E-state index contributed by atoms with van der Waals surface area (Å²) < 4.78 is 0. The Morgan fingerprint density at radius 2 is 2.15 bits per heavy atom. The average Bonchev–Trinajstić information content (AvgIpc) is 2.47. The first kappa shape index (κ1) is 14.1. The number of carbonyl (C=O) groups is 1. The van der Waals surface area contributed by atoms with Crippen LogP contribution in [0.25, 0.3) is 0 Å². The van der Waals surface area contributed by atoms with Gasteiger partial charge in [-0.05, 0) is 30.3 Å². The second kappa shape index (κ2) is 6.25. The van der Waals surface area contributed by atoms with Crippen molar-refractivity contribution in [3.8, 4) is 5.75 Å². The van der Waals surface area contributed by atoms with E-state index in [2.05, 4.69) is 15.6 Å². The fraction of sp³-hybridized carbons (Fsp3) is 0.143. The molecule has 0 aliphatic rings. The summed E-state index contributed by atoms with van der Waals surface area (Å²) in [7, 11) is 1.55. The normalized spacial score (nSPS) is 10.1. The van der Waals surface area contributed by atoms with Crippen molar-refractivity contribution < 1.29 is 9.90 Å². The lowest BCUT2D eigenvalue weighted by Gasteiger charge is -2.09. The van der Waals surface area contributed by atoms with Crippen molar-refractivity contribution in [2.24, 2.45) is 0 Å². The van der Waals surface area contributed by atoms with Crippen LogP contribution in [-0.2, 0) is 6.54 Å². The van der Waals surface area contributed by atoms with E-state index < -0.39 is 0 Å². The molecule has 104 valence electrons. The minimum atomic E-state index is -0.235. The maximum atomic E-state index is 11.6. The number of rotatable bonds is 4. The van der Waals surface area contributed by atoms with Crippen LogP contribution in [0.3, 0.4) is 0 Å². The molecule has 1 aromatic heterocycles. The van der Waals surface area contributed by atoms with Gasteiger partial charge in [0.15, 0.2) is 0 Å². The highest BCUT2D eigenvalue weighted by atomic mass is 35.5. The van der Waals surface area contributed by atoms with Gasteiger partial charge in [-0.1, -0.05) is 11.6 Å². The number of hydrogen-bond donors (Lipinski definition) is 3. The van der Waals surface area contributed by atoms with E-state index in [4.69, 9.17) is 16.7 Å². The lowest BCUT2D eigenvalue weighted by atomic mass is 10.2. The van der Waals surface area contributed by atoms with E-state index in [1.54, 1.807) is 37.4 Å². The van der Waals surface area contributed by atoms with Crippen LogP contribution >= 0.6 is 11.6 Å². The van der Waals surface area contributed by atoms with E-state index in [0.717, 1.165) is 11.4 Å². The molecule has 0 saturated carbocycles. The molecule has 5 nitrogen and oxygen atoms in total. The van der Waals surface area contributed by atoms with Gasteiger partial charge in [-0.2, -0.15) is 0 Å². The number of amides is 1. The first-order valence-corrected chi connectivity index (χ1v) is 6.37. The minimum Gasteiger partial charge on any atom is -0.506 e. The summed E-state index contributed by atoms with van der Waals surface area (Å²) in [6.45, 7) is 0.481. The topological polar surface area (TPSA) is 74.2 Å². The molecule has 3 N–H and O–H groups in total. The van der Waals surface area contributed by atoms with Crippen LogP contribution in [0.1, 0.15) is 16.1 Å². The van der Waals surface area contributed by atoms with Crippen molar-refractivity contribution in [3.63, 3.8) is 0 Å². The van der Waals surface area contributed by atoms with E-state index in [9.17, 15) is 4.79 Å². The fourth-order valence-corrected chi connectivity index (χ4v) is 1.86. The van der Waals surface area contributed by atoms with Crippen LogP contribution in [-0.4, -0.2) is 23.0 Å². The highest BCUT2D eigenvalue weighted by Crippen LogP contribution is 2.21. The first-order valence-electron chi connectivity index (χ1n) is 5.99. The molecule has 0 aliphatic heterocycles. The average molecular weight is 292 g/mol. The quantitative estimate of drug-likeness (QED) is 0.809. The number of benzene rings is 1. The van der Waals surface area contributed by atoms with Gasteiger partial charge in [-0.15, -0.1) is 0 Å². The first-order chi connectivity index (χ1) is 9.60. The molecule has 0 atom stereocenters. The predicted molar refractivity (Wildman–Crippen MR) is 78.1 cm³/mol. The minimum absolute atomic E-state index is 0.127. The lowest BCUT2D eigenvalue weighted by Crippen LogP contribution is -2.18. The summed E-state index contributed by atoms with van der Waals surface area (Å²) in [5.41, 5.74) is 1.96. The number of nitrogens with one attached hydrogen (secondary N) is 2. The van der Waals surface area contributed by atoms with Crippen molar-refractivity contribution in [3.05, 3.63) is 52.8 Å². The molecular formula is C14H14ClN3O2. The third kappa shape index (κ3) is 3.39. The zero-order valence-corrected chi connectivity index (χ0v) is 11.6. The third-order valence-electron chi connectivity index (χ3n) is 2.72. The van der Waals surface area contributed by atoms with Gasteiger partial charge < -0.3 is 15.7 Å². The number of nitrogens with zero attached hydrogens (tertiary/aromatic N) is 1. The van der Waals surface area contributed by atoms with Crippen LogP contribution < -0.4 is 10.6 Å². The standard InChI is InChI=1S/C14H14ClN3O2/c1-16-14(20)12-6-9(3-5-13(12)15)17-7-10-2-4-11(19)8-18-10/h2-6,8,17,19H,7H2,1H3,(H,16,20). The SMILES string of the molecule is CNC(=O)c1cc(NCc2ccc(O)cn2)ccc1Cl. The van der Waals surface area contributed by atoms with Crippen molar-refractivity contribution >= 4 is 23.2 Å². The Balaban J connectivity index is 2.10. The van der Waals surface area contributed by atoms with Crippen LogP contribution in [0, 0.1) is 0 Å². The Bertz CT molecular complexity index is 614. The molecule has 0 aliphatic carbocycles. The molecule has 0 saturated heterocycles. The van der Waals surface area contributed by atoms with Gasteiger partial charge in [0.25, 0.3) is 5.91 Å². The fourth-order valence-electron chi connectivity index (χ4n) is 1.66. The molecule has 2 rings (SSSR count). The molecule has 0 spiro atoms. The molecular weight excluding hydrogens is 278 g/mol. The molecule has 0 bridgehead atoms. The molecule has 6 heteroatoms. The van der Waals surface area contributed by atoms with Gasteiger partial charge in [0.2, 0.25) is 0 Å². The van der Waals surface area contributed by atoms with Crippen LogP contribution in [0.4, 0.5) is 5.69 Å². The predicted octanol–water partition coefficient (Wildman–Crippen LogP) is 2.41. The van der Waals surface area contributed by atoms with Gasteiger partial charge in [-0.25, -0.2) is 0 Å². The number of aromatic hydroxyl groups is 1. The Hall–Kier alpha value is -2.27. The van der Waals surface area contributed by atoms with Gasteiger partial charge in [-0.3, -0.25) is 9.78 Å². The third-order valence-corrected chi connectivity index (χ3v) is 3.05. The summed E-state index contributed by atoms with van der Waals surface area (Å²) in [6.07, 6.45) is 1.38. The zero-order chi connectivity index (χ0) is 14.5. The molecule has 1 heterocycles. The van der Waals surface area contributed by atoms with E-state index in [1.165, 1.54) is 6.20 Å². The summed E-state index contributed by atoms with van der Waals surface area (Å²) in [6, 6.07) is 8.43. The van der Waals surface area contributed by atoms with E-state index in [0.29, 0.717) is 17.1 Å². The summed E-state index contributed by atoms with van der Waals surface area (Å²) in [5, 5.41) is 15.2. The van der Waals surface area contributed by atoms with Crippen LogP contribution in [0.5, 0.6) is 5.75 Å². The largest absolute Gasteiger partial charge is 0.506 e. The van der Waals surface area contributed by atoms with Crippen LogP contribution in [0.2, 0.25) is 5.02 Å². The lowest BCUT2D eigenvalue weighted by molar-refractivity contribution is 0.0963. The van der Waals surface area contributed by atoms with Crippen molar-refractivity contribution in [2.75, 3.05) is 12.4 Å². The van der Waals surface area contributed by atoms with Crippen molar-refractivity contribution in [2.45, 2.75) is 6.54 Å². The molecule has 1 aromatic carbocycles. The number of hydrogen-bond acceptors (Lipinski definition) is 4. The Labute approximate surface area is 121 Å². The molecule has 0 unspecified atom stereocenters. The molecule has 0 radical (unpaired) electrons. The maximum absolute atomic E-state index is 11.6. The summed E-state index contributed by atoms with van der Waals surface area (Å²) >= 11 is 5.98. The van der Waals surface area contributed by atoms with Gasteiger partial charge in [0.05, 0.1) is 29.0 Å². The monoisotopic (exact) mass is 291 g/mol. The summed E-state index contributed by atoms with van der Waals surface area (Å²) in [4.78, 5) is 15.7. The molecule has 1 amide bonds. The highest BCUT2D eigenvalue weighted by molar-refractivity contribution is 6.34. The molecule has 2 aromatic rings. The Morgan fingerprint density at radius 3 is 2.80 bits per heavy atom. The van der Waals surface area contributed by atoms with E-state index in [1.807, 2.05) is 0 Å². The number of halogens is 1. The van der Waals surface area contributed by atoms with Gasteiger partial charge in [0.1, 0.15) is 5.75 Å². The Kier molecular flexibility index (Phi) is 4.42. The Morgan fingerprint density at radius 1 is 1.35 bits per heavy atom. The maximum Gasteiger partial charge on any atom is 0.252 e. The molecule has 20 heavy (non-hydrogen) atoms. The molecule has 0 fully saturated rings. The second-order valence-electron chi connectivity index (χ2n) is 4.14. The van der Waals surface area contributed by atoms with Crippen LogP contribution in [0.15, 0.2) is 36.5 Å². The number of anilines is 1. The van der Waals surface area contributed by atoms with E-state index >= 15 is 0 Å². The second-order valence-corrected chi connectivity index (χ2v) is 4.54. The number of aromatic nitrogens is 1. The number of pyridine rings is 1. The highest BCUT2D eigenvalue weighted by Gasteiger charge is 2.09. The van der Waals surface area contributed by atoms with Crippen molar-refractivity contribution in [1.29, 1.82) is 0 Å². The van der Waals surface area contributed by atoms with Gasteiger partial charge >= 0.3 is 0 Å². The van der Waals surface area contributed by atoms with E-state index in [-0.39, 0.29) is 11.7 Å². The number of carbonyl (C=O) groups excluding carboxylic acids is 1. The zero-order valence-electron chi connectivity index (χ0n) is 10.9. The van der Waals surface area contributed by atoms with Crippen molar-refractivity contribution in [1.82, 2.24) is 10.3 Å². The van der Waals surface area contributed by atoms with Gasteiger partial charge in [0, 0.05) is 12.7 Å². The smallest absolute Gasteiger partial charge is 0.252 e. The summed E-state index contributed by atoms with van der Waals surface area (Å²) in [5.74, 6) is -0.108.